The molecule has 1 aliphatic heterocycles. The van der Waals surface area contributed by atoms with Crippen LogP contribution in [0.3, 0.4) is 0 Å². The van der Waals surface area contributed by atoms with E-state index in [1.54, 1.807) is 27.8 Å². The number of rotatable bonds is 4. The molecular formula is C26H23ClFN5O. The Bertz CT molecular complexity index is 1380. The molecule has 6 nitrogen and oxygen atoms in total. The first kappa shape index (κ1) is 22.2. The third-order valence-electron chi connectivity index (χ3n) is 6.08. The number of halogens is 2. The number of carbonyl (C=O) groups is 1. The van der Waals surface area contributed by atoms with Crippen molar-refractivity contribution in [2.75, 3.05) is 4.90 Å². The monoisotopic (exact) mass is 475 g/mol. The number of carbonyl (C=O) groups excluding carboxylic acids is 1. The summed E-state index contributed by atoms with van der Waals surface area (Å²) in [5.74, 6) is 0.256. The number of amides is 1. The van der Waals surface area contributed by atoms with E-state index in [2.05, 4.69) is 9.97 Å². The summed E-state index contributed by atoms with van der Waals surface area (Å²) >= 11 is 6.11. The molecule has 1 aliphatic rings. The average molecular weight is 476 g/mol. The van der Waals surface area contributed by atoms with Crippen LogP contribution in [0.15, 0.2) is 54.6 Å². The Morgan fingerprint density at radius 3 is 2.38 bits per heavy atom. The molecule has 2 aromatic heterocycles. The minimum atomic E-state index is -0.359. The van der Waals surface area contributed by atoms with Crippen LogP contribution in [-0.2, 0) is 11.3 Å². The highest BCUT2D eigenvalue weighted by molar-refractivity contribution is 6.30. The van der Waals surface area contributed by atoms with E-state index < -0.39 is 0 Å². The van der Waals surface area contributed by atoms with Crippen LogP contribution in [0.4, 0.5) is 10.2 Å². The zero-order valence-corrected chi connectivity index (χ0v) is 19.8. The quantitative estimate of drug-likeness (QED) is 0.394. The van der Waals surface area contributed by atoms with Gasteiger partial charge in [-0.05, 0) is 50.6 Å². The first-order valence-electron chi connectivity index (χ1n) is 11.0. The van der Waals surface area contributed by atoms with Crippen molar-refractivity contribution in [3.05, 3.63) is 99.2 Å². The zero-order valence-electron chi connectivity index (χ0n) is 19.1. The van der Waals surface area contributed by atoms with Crippen molar-refractivity contribution < 1.29 is 9.18 Å². The van der Waals surface area contributed by atoms with Crippen LogP contribution in [-0.4, -0.2) is 25.7 Å². The highest BCUT2D eigenvalue weighted by Crippen LogP contribution is 2.43. The molecule has 172 valence electrons. The summed E-state index contributed by atoms with van der Waals surface area (Å²) < 4.78 is 16.2. The van der Waals surface area contributed by atoms with E-state index in [0.717, 1.165) is 28.2 Å². The van der Waals surface area contributed by atoms with Crippen molar-refractivity contribution in [3.63, 3.8) is 0 Å². The lowest BCUT2D eigenvalue weighted by Crippen LogP contribution is -2.38. The molecule has 0 aliphatic carbocycles. The molecule has 0 radical (unpaired) electrons. The normalized spacial score (nSPS) is 15.5. The summed E-state index contributed by atoms with van der Waals surface area (Å²) in [6.07, 6.45) is 0.239. The second-order valence-electron chi connectivity index (χ2n) is 8.56. The Kier molecular flexibility index (Phi) is 5.65. The topological polar surface area (TPSA) is 63.9 Å². The van der Waals surface area contributed by atoms with Crippen molar-refractivity contribution >= 4 is 23.3 Å². The van der Waals surface area contributed by atoms with Gasteiger partial charge in [-0.15, -0.1) is 0 Å². The summed E-state index contributed by atoms with van der Waals surface area (Å²) in [6.45, 7) is 5.78. The number of fused-ring (bicyclic) bond motifs is 1. The van der Waals surface area contributed by atoms with Crippen molar-refractivity contribution in [2.45, 2.75) is 39.7 Å². The zero-order chi connectivity index (χ0) is 24.0. The number of hydrogen-bond donors (Lipinski definition) is 0. The highest BCUT2D eigenvalue weighted by Gasteiger charge is 2.38. The number of nitrogens with zero attached hydrogens (tertiary/aromatic N) is 5. The summed E-state index contributed by atoms with van der Waals surface area (Å²) in [6, 6.07) is 15.9. The standard InChI is InChI=1S/C26H23ClFN5O/c1-15-12-16(2)30-26(29-15)33-25-24(17(3)31-33)21(18-8-10-20(27)11-9-18)13-23(34)32(25)14-19-6-4-5-7-22(19)28/h4-12,21H,13-14H2,1-3H3/t21-/m1/s1. The first-order valence-corrected chi connectivity index (χ1v) is 11.4. The van der Waals surface area contributed by atoms with E-state index in [4.69, 9.17) is 16.7 Å². The molecule has 5 rings (SSSR count). The van der Waals surface area contributed by atoms with Crippen molar-refractivity contribution in [2.24, 2.45) is 0 Å². The smallest absolute Gasteiger partial charge is 0.252 e. The van der Waals surface area contributed by atoms with E-state index >= 15 is 0 Å². The number of hydrogen-bond acceptors (Lipinski definition) is 4. The van der Waals surface area contributed by atoms with Crippen LogP contribution in [0.2, 0.25) is 5.02 Å². The molecule has 1 amide bonds. The fourth-order valence-corrected chi connectivity index (χ4v) is 4.71. The lowest BCUT2D eigenvalue weighted by Gasteiger charge is -2.33. The van der Waals surface area contributed by atoms with Gasteiger partial charge in [0.1, 0.15) is 11.6 Å². The minimum absolute atomic E-state index is 0.0851. The molecular weight excluding hydrogens is 453 g/mol. The molecule has 34 heavy (non-hydrogen) atoms. The summed E-state index contributed by atoms with van der Waals surface area (Å²) in [5.41, 5.74) is 4.65. The summed E-state index contributed by atoms with van der Waals surface area (Å²) in [4.78, 5) is 24.3. The molecule has 0 bridgehead atoms. The predicted octanol–water partition coefficient (Wildman–Crippen LogP) is 5.45. The van der Waals surface area contributed by atoms with Crippen molar-refractivity contribution in [3.8, 4) is 5.95 Å². The van der Waals surface area contributed by atoms with Crippen LogP contribution in [0.5, 0.6) is 0 Å². The molecule has 0 saturated heterocycles. The minimum Gasteiger partial charge on any atom is -0.292 e. The maximum absolute atomic E-state index is 14.6. The second kappa shape index (κ2) is 8.65. The molecule has 0 fully saturated rings. The summed E-state index contributed by atoms with van der Waals surface area (Å²) in [5, 5.41) is 5.39. The number of aryl methyl sites for hydroxylation is 3. The van der Waals surface area contributed by atoms with E-state index in [1.165, 1.54) is 6.07 Å². The van der Waals surface area contributed by atoms with Crippen molar-refractivity contribution in [1.29, 1.82) is 0 Å². The fourth-order valence-electron chi connectivity index (χ4n) is 4.58. The first-order chi connectivity index (χ1) is 16.3. The molecule has 3 heterocycles. The van der Waals surface area contributed by atoms with Gasteiger partial charge in [-0.1, -0.05) is 41.9 Å². The molecule has 0 N–H and O–H groups in total. The van der Waals surface area contributed by atoms with Crippen LogP contribution >= 0.6 is 11.6 Å². The second-order valence-corrected chi connectivity index (χ2v) is 9.00. The van der Waals surface area contributed by atoms with E-state index in [0.29, 0.717) is 22.4 Å². The lowest BCUT2D eigenvalue weighted by molar-refractivity contribution is -0.119. The third-order valence-corrected chi connectivity index (χ3v) is 6.34. The summed E-state index contributed by atoms with van der Waals surface area (Å²) in [7, 11) is 0. The lowest BCUT2D eigenvalue weighted by atomic mass is 9.85. The largest absolute Gasteiger partial charge is 0.292 e. The van der Waals surface area contributed by atoms with Crippen LogP contribution in [0.1, 0.15) is 46.1 Å². The van der Waals surface area contributed by atoms with E-state index in [1.807, 2.05) is 51.1 Å². The van der Waals surface area contributed by atoms with Crippen LogP contribution in [0, 0.1) is 26.6 Å². The number of anilines is 1. The number of benzene rings is 2. The maximum atomic E-state index is 14.6. The van der Waals surface area contributed by atoms with Gasteiger partial charge in [0, 0.05) is 39.9 Å². The van der Waals surface area contributed by atoms with E-state index in [-0.39, 0.29) is 30.6 Å². The van der Waals surface area contributed by atoms with Crippen molar-refractivity contribution in [1.82, 2.24) is 19.7 Å². The molecule has 2 aromatic carbocycles. The maximum Gasteiger partial charge on any atom is 0.252 e. The Labute approximate surface area is 202 Å². The molecule has 0 unspecified atom stereocenters. The average Bonchev–Trinajstić information content (AvgIpc) is 3.14. The Balaban J connectivity index is 1.72. The van der Waals surface area contributed by atoms with Crippen LogP contribution < -0.4 is 4.90 Å². The van der Waals surface area contributed by atoms with Gasteiger partial charge in [-0.25, -0.2) is 14.4 Å². The van der Waals surface area contributed by atoms with Gasteiger partial charge in [0.25, 0.3) is 5.95 Å². The Hall–Kier alpha value is -3.58. The molecule has 0 saturated carbocycles. The third kappa shape index (κ3) is 3.96. The molecule has 1 atom stereocenters. The molecule has 4 aromatic rings. The van der Waals surface area contributed by atoms with Crippen LogP contribution in [0.25, 0.3) is 5.95 Å². The van der Waals surface area contributed by atoms with Gasteiger partial charge >= 0.3 is 0 Å². The number of aromatic nitrogens is 4. The fraction of sp³-hybridized carbons (Fsp3) is 0.231. The van der Waals surface area contributed by atoms with Gasteiger partial charge in [-0.3, -0.25) is 9.69 Å². The van der Waals surface area contributed by atoms with E-state index in [9.17, 15) is 9.18 Å². The Morgan fingerprint density at radius 2 is 1.71 bits per heavy atom. The van der Waals surface area contributed by atoms with Gasteiger partial charge in [0.2, 0.25) is 5.91 Å². The highest BCUT2D eigenvalue weighted by atomic mass is 35.5. The van der Waals surface area contributed by atoms with Gasteiger partial charge in [0.05, 0.1) is 12.2 Å². The Morgan fingerprint density at radius 1 is 1.03 bits per heavy atom. The van der Waals surface area contributed by atoms with Gasteiger partial charge in [-0.2, -0.15) is 9.78 Å². The molecule has 0 spiro atoms. The predicted molar refractivity (Wildman–Crippen MR) is 129 cm³/mol. The molecule has 8 heteroatoms. The SMILES string of the molecule is Cc1cc(C)nc(-n2nc(C)c3c2N(Cc2ccccc2F)C(=O)C[C@@H]3c2ccc(Cl)cc2)n1. The van der Waals surface area contributed by atoms with Gasteiger partial charge in [0.15, 0.2) is 0 Å². The van der Waals surface area contributed by atoms with Gasteiger partial charge < -0.3 is 0 Å².